The summed E-state index contributed by atoms with van der Waals surface area (Å²) in [6.07, 6.45) is 2.35. The molecule has 0 amide bonds. The molecular weight excluding hydrogens is 244 g/mol. The van der Waals surface area contributed by atoms with Gasteiger partial charge in [0.25, 0.3) is 0 Å². The Kier molecular flexibility index (Phi) is 6.70. The van der Waals surface area contributed by atoms with E-state index in [9.17, 15) is 0 Å². The van der Waals surface area contributed by atoms with Gasteiger partial charge in [-0.15, -0.1) is 0 Å². The highest BCUT2D eigenvalue weighted by molar-refractivity contribution is 5.22. The van der Waals surface area contributed by atoms with Gasteiger partial charge in [-0.2, -0.15) is 0 Å². The molecule has 1 aromatic rings. The van der Waals surface area contributed by atoms with Crippen LogP contribution in [0.15, 0.2) is 24.3 Å². The van der Waals surface area contributed by atoms with Gasteiger partial charge in [-0.3, -0.25) is 0 Å². The van der Waals surface area contributed by atoms with Crippen molar-refractivity contribution in [3.05, 3.63) is 35.4 Å². The maximum atomic E-state index is 3.69. The number of aryl methyl sites for hydroxylation is 2. The Balaban J connectivity index is 2.31. The molecule has 0 heterocycles. The first-order valence-electron chi connectivity index (χ1n) is 7.72. The lowest BCUT2D eigenvalue weighted by Gasteiger charge is -2.30. The molecule has 0 saturated heterocycles. The van der Waals surface area contributed by atoms with Crippen LogP contribution in [0.4, 0.5) is 0 Å². The first-order chi connectivity index (χ1) is 9.28. The Hall–Kier alpha value is -0.860. The van der Waals surface area contributed by atoms with Crippen molar-refractivity contribution in [3.8, 4) is 0 Å². The largest absolute Gasteiger partial charge is 0.314 e. The standard InChI is InChI=1S/C18H32N2/c1-15-8-7-9-17(12-15)11-10-16(2)19-13-18(3,4)14-20(5)6/h7-9,12,16,19H,10-11,13-14H2,1-6H3. The van der Waals surface area contributed by atoms with Crippen LogP contribution >= 0.6 is 0 Å². The third-order valence-electron chi connectivity index (χ3n) is 3.62. The van der Waals surface area contributed by atoms with Crippen LogP contribution in [0.2, 0.25) is 0 Å². The number of hydrogen-bond donors (Lipinski definition) is 1. The quantitative estimate of drug-likeness (QED) is 0.782. The minimum absolute atomic E-state index is 0.321. The minimum Gasteiger partial charge on any atom is -0.314 e. The van der Waals surface area contributed by atoms with Crippen LogP contribution in [0.1, 0.15) is 38.3 Å². The van der Waals surface area contributed by atoms with Crippen molar-refractivity contribution in [2.45, 2.75) is 46.6 Å². The van der Waals surface area contributed by atoms with E-state index in [4.69, 9.17) is 0 Å². The monoisotopic (exact) mass is 276 g/mol. The third-order valence-corrected chi connectivity index (χ3v) is 3.62. The van der Waals surface area contributed by atoms with Gasteiger partial charge in [0.1, 0.15) is 0 Å². The van der Waals surface area contributed by atoms with Crippen LogP contribution in [0.25, 0.3) is 0 Å². The number of benzene rings is 1. The van der Waals surface area contributed by atoms with Crippen molar-refractivity contribution in [3.63, 3.8) is 0 Å². The lowest BCUT2D eigenvalue weighted by molar-refractivity contribution is 0.225. The summed E-state index contributed by atoms with van der Waals surface area (Å²) in [4.78, 5) is 2.26. The Morgan fingerprint density at radius 1 is 1.25 bits per heavy atom. The lowest BCUT2D eigenvalue weighted by atomic mass is 9.92. The molecule has 2 heteroatoms. The molecular formula is C18H32N2. The van der Waals surface area contributed by atoms with E-state index in [0.29, 0.717) is 11.5 Å². The summed E-state index contributed by atoms with van der Waals surface area (Å²) in [6, 6.07) is 9.41. The first kappa shape index (κ1) is 17.2. The van der Waals surface area contributed by atoms with Crippen molar-refractivity contribution < 1.29 is 0 Å². The van der Waals surface area contributed by atoms with Crippen LogP contribution in [0.5, 0.6) is 0 Å². The average molecular weight is 276 g/mol. The van der Waals surface area contributed by atoms with Gasteiger partial charge in [-0.1, -0.05) is 43.7 Å². The van der Waals surface area contributed by atoms with Gasteiger partial charge >= 0.3 is 0 Å². The normalized spacial score (nSPS) is 13.8. The molecule has 1 N–H and O–H groups in total. The van der Waals surface area contributed by atoms with Gasteiger partial charge in [-0.25, -0.2) is 0 Å². The van der Waals surface area contributed by atoms with Crippen molar-refractivity contribution in [1.82, 2.24) is 10.2 Å². The second-order valence-corrected chi connectivity index (χ2v) is 7.21. The molecule has 0 aromatic heterocycles. The second kappa shape index (κ2) is 7.80. The molecule has 0 spiro atoms. The van der Waals surface area contributed by atoms with Gasteiger partial charge in [-0.05, 0) is 51.8 Å². The van der Waals surface area contributed by atoms with E-state index in [1.165, 1.54) is 17.5 Å². The fourth-order valence-electron chi connectivity index (χ4n) is 2.72. The zero-order valence-corrected chi connectivity index (χ0v) is 14.2. The predicted octanol–water partition coefficient (Wildman–Crippen LogP) is 3.49. The highest BCUT2D eigenvalue weighted by Gasteiger charge is 2.19. The number of hydrogen-bond acceptors (Lipinski definition) is 2. The molecule has 1 rings (SSSR count). The molecule has 20 heavy (non-hydrogen) atoms. The number of rotatable bonds is 8. The Morgan fingerprint density at radius 3 is 2.55 bits per heavy atom. The molecule has 0 radical (unpaired) electrons. The fraction of sp³-hybridized carbons (Fsp3) is 0.667. The van der Waals surface area contributed by atoms with Gasteiger partial charge in [0, 0.05) is 19.1 Å². The van der Waals surface area contributed by atoms with E-state index in [2.05, 4.69) is 76.3 Å². The zero-order chi connectivity index (χ0) is 15.2. The summed E-state index contributed by atoms with van der Waals surface area (Å²) in [5, 5.41) is 3.69. The number of nitrogens with zero attached hydrogens (tertiary/aromatic N) is 1. The maximum Gasteiger partial charge on any atom is 0.00421 e. The predicted molar refractivity (Wildman–Crippen MR) is 89.3 cm³/mol. The van der Waals surface area contributed by atoms with E-state index in [1.54, 1.807) is 0 Å². The molecule has 0 bridgehead atoms. The summed E-state index contributed by atoms with van der Waals surface area (Å²) in [5.41, 5.74) is 3.13. The van der Waals surface area contributed by atoms with E-state index in [1.807, 2.05) is 0 Å². The molecule has 2 nitrogen and oxygen atoms in total. The molecule has 114 valence electrons. The van der Waals surface area contributed by atoms with Crippen LogP contribution < -0.4 is 5.32 Å². The molecule has 0 aliphatic heterocycles. The molecule has 0 aliphatic rings. The second-order valence-electron chi connectivity index (χ2n) is 7.21. The summed E-state index contributed by atoms with van der Waals surface area (Å²) in [7, 11) is 4.28. The summed E-state index contributed by atoms with van der Waals surface area (Å²) >= 11 is 0. The van der Waals surface area contributed by atoms with Crippen molar-refractivity contribution in [2.24, 2.45) is 5.41 Å². The average Bonchev–Trinajstić information content (AvgIpc) is 2.32. The Morgan fingerprint density at radius 2 is 1.95 bits per heavy atom. The lowest BCUT2D eigenvalue weighted by Crippen LogP contribution is -2.40. The highest BCUT2D eigenvalue weighted by Crippen LogP contribution is 2.15. The van der Waals surface area contributed by atoms with Crippen molar-refractivity contribution >= 4 is 0 Å². The first-order valence-corrected chi connectivity index (χ1v) is 7.72. The van der Waals surface area contributed by atoms with Crippen molar-refractivity contribution in [1.29, 1.82) is 0 Å². The minimum atomic E-state index is 0.321. The van der Waals surface area contributed by atoms with Gasteiger partial charge in [0.2, 0.25) is 0 Å². The van der Waals surface area contributed by atoms with E-state index >= 15 is 0 Å². The Bertz CT molecular complexity index is 396. The van der Waals surface area contributed by atoms with Gasteiger partial charge in [0.15, 0.2) is 0 Å². The number of nitrogens with one attached hydrogen (secondary N) is 1. The molecule has 0 fully saturated rings. The molecule has 1 atom stereocenters. The highest BCUT2D eigenvalue weighted by atomic mass is 15.1. The summed E-state index contributed by atoms with van der Waals surface area (Å²) < 4.78 is 0. The van der Waals surface area contributed by atoms with E-state index < -0.39 is 0 Å². The third kappa shape index (κ3) is 7.06. The SMILES string of the molecule is Cc1cccc(CCC(C)NCC(C)(C)CN(C)C)c1. The zero-order valence-electron chi connectivity index (χ0n) is 14.2. The van der Waals surface area contributed by atoms with Gasteiger partial charge < -0.3 is 10.2 Å². The molecule has 1 unspecified atom stereocenters. The smallest absolute Gasteiger partial charge is 0.00421 e. The van der Waals surface area contributed by atoms with Crippen LogP contribution in [-0.4, -0.2) is 38.1 Å². The summed E-state index contributed by atoms with van der Waals surface area (Å²) in [5.74, 6) is 0. The topological polar surface area (TPSA) is 15.3 Å². The molecule has 0 aliphatic carbocycles. The molecule has 0 saturated carbocycles. The van der Waals surface area contributed by atoms with Crippen LogP contribution in [0.3, 0.4) is 0 Å². The maximum absolute atomic E-state index is 3.69. The Labute approximate surface area is 125 Å². The van der Waals surface area contributed by atoms with E-state index in [-0.39, 0.29) is 0 Å². The summed E-state index contributed by atoms with van der Waals surface area (Å²) in [6.45, 7) is 11.3. The molecule has 1 aromatic carbocycles. The van der Waals surface area contributed by atoms with Crippen LogP contribution in [-0.2, 0) is 6.42 Å². The fourth-order valence-corrected chi connectivity index (χ4v) is 2.72. The van der Waals surface area contributed by atoms with Crippen LogP contribution in [0, 0.1) is 12.3 Å². The van der Waals surface area contributed by atoms with E-state index in [0.717, 1.165) is 19.5 Å². The van der Waals surface area contributed by atoms with Gasteiger partial charge in [0.05, 0.1) is 0 Å². The van der Waals surface area contributed by atoms with Crippen molar-refractivity contribution in [2.75, 3.05) is 27.2 Å².